The van der Waals surface area contributed by atoms with Crippen LogP contribution >= 0.6 is 11.6 Å². The zero-order chi connectivity index (χ0) is 32.3. The van der Waals surface area contributed by atoms with Gasteiger partial charge in [0.05, 0.1) is 30.1 Å². The van der Waals surface area contributed by atoms with Gasteiger partial charge >= 0.3 is 0 Å². The molecule has 1 saturated heterocycles. The van der Waals surface area contributed by atoms with Crippen LogP contribution in [-0.4, -0.2) is 69.9 Å². The Balaban J connectivity index is 1.35. The number of benzene rings is 1. The van der Waals surface area contributed by atoms with Crippen LogP contribution in [0.3, 0.4) is 0 Å². The maximum absolute atomic E-state index is 14.5. The van der Waals surface area contributed by atoms with Gasteiger partial charge in [0.15, 0.2) is 6.79 Å². The summed E-state index contributed by atoms with van der Waals surface area (Å²) < 4.78 is 33.2. The molecule has 2 fully saturated rings. The largest absolute Gasteiger partial charge is 0.465 e. The van der Waals surface area contributed by atoms with Crippen LogP contribution in [0, 0.1) is 23.1 Å². The Morgan fingerprint density at radius 1 is 1.16 bits per heavy atom. The molecular weight excluding hydrogens is 613 g/mol. The van der Waals surface area contributed by atoms with E-state index in [1.165, 1.54) is 16.7 Å². The minimum Gasteiger partial charge on any atom is -0.465 e. The average molecular weight is 656 g/mol. The molecule has 0 atom stereocenters. The first-order valence-corrected chi connectivity index (χ1v) is 19.7. The molecule has 9 nitrogen and oxygen atoms in total. The van der Waals surface area contributed by atoms with E-state index >= 15 is 0 Å². The van der Waals surface area contributed by atoms with Gasteiger partial charge in [-0.25, -0.2) is 9.37 Å². The molecule has 0 bridgehead atoms. The quantitative estimate of drug-likeness (QED) is 0.0988. The Kier molecular flexibility index (Phi) is 10.4. The molecule has 1 aliphatic carbocycles. The van der Waals surface area contributed by atoms with Crippen molar-refractivity contribution in [3.8, 4) is 11.8 Å². The van der Waals surface area contributed by atoms with E-state index in [4.69, 9.17) is 25.8 Å². The zero-order valence-corrected chi connectivity index (χ0v) is 28.6. The summed E-state index contributed by atoms with van der Waals surface area (Å²) >= 11 is 6.27. The second-order valence-corrected chi connectivity index (χ2v) is 19.4. The molecule has 0 radical (unpaired) electrons. The highest BCUT2D eigenvalue weighted by Gasteiger charge is 2.34. The number of nitriles is 1. The number of ether oxygens (including phenoxy) is 3. The van der Waals surface area contributed by atoms with Crippen LogP contribution in [0.2, 0.25) is 30.8 Å². The van der Waals surface area contributed by atoms with Gasteiger partial charge in [0.2, 0.25) is 0 Å². The summed E-state index contributed by atoms with van der Waals surface area (Å²) in [4.78, 5) is 22.1. The third-order valence-corrected chi connectivity index (χ3v) is 10.9. The predicted octanol–water partition coefficient (Wildman–Crippen LogP) is 6.19. The first-order valence-electron chi connectivity index (χ1n) is 15.6. The lowest BCUT2D eigenvalue weighted by molar-refractivity contribution is -0.0287. The Morgan fingerprint density at radius 3 is 2.51 bits per heavy atom. The van der Waals surface area contributed by atoms with Crippen molar-refractivity contribution in [1.29, 1.82) is 5.26 Å². The molecule has 5 rings (SSSR count). The van der Waals surface area contributed by atoms with E-state index in [2.05, 4.69) is 35.6 Å². The highest BCUT2D eigenvalue weighted by molar-refractivity contribution is 6.76. The third-order valence-electron chi connectivity index (χ3n) is 8.99. The van der Waals surface area contributed by atoms with Gasteiger partial charge in [-0.1, -0.05) is 31.2 Å². The van der Waals surface area contributed by atoms with Crippen LogP contribution in [0.4, 0.5) is 15.8 Å². The molecule has 0 N–H and O–H groups in total. The van der Waals surface area contributed by atoms with E-state index in [0.717, 1.165) is 44.0 Å². The van der Waals surface area contributed by atoms with Crippen molar-refractivity contribution in [2.24, 2.45) is 13.0 Å². The van der Waals surface area contributed by atoms with Crippen LogP contribution in [0.15, 0.2) is 35.1 Å². The van der Waals surface area contributed by atoms with Crippen LogP contribution < -0.4 is 20.1 Å². The number of hydrogen-bond donors (Lipinski definition) is 0. The van der Waals surface area contributed by atoms with Gasteiger partial charge in [-0.2, -0.15) is 5.26 Å². The monoisotopic (exact) mass is 655 g/mol. The molecule has 0 amide bonds. The molecule has 1 aromatic carbocycles. The molecule has 12 heteroatoms. The van der Waals surface area contributed by atoms with Crippen LogP contribution in [-0.2, 0) is 16.5 Å². The molecule has 3 aromatic rings. The topological polar surface area (TPSA) is 92.9 Å². The summed E-state index contributed by atoms with van der Waals surface area (Å²) in [7, 11) is 2.34. The van der Waals surface area contributed by atoms with Gasteiger partial charge in [0.1, 0.15) is 33.9 Å². The second kappa shape index (κ2) is 14.1. The van der Waals surface area contributed by atoms with Crippen molar-refractivity contribution in [1.82, 2.24) is 9.55 Å². The summed E-state index contributed by atoms with van der Waals surface area (Å²) in [5.41, 5.74) is 2.26. The van der Waals surface area contributed by atoms with Crippen LogP contribution in [0.5, 0.6) is 5.75 Å². The molecule has 3 heterocycles. The van der Waals surface area contributed by atoms with E-state index in [9.17, 15) is 14.4 Å². The first kappa shape index (κ1) is 33.2. The smallest absolute Gasteiger partial charge is 0.270 e. The zero-order valence-electron chi connectivity index (χ0n) is 26.8. The lowest BCUT2D eigenvalue weighted by Gasteiger charge is -2.44. The van der Waals surface area contributed by atoms with Gasteiger partial charge in [-0.3, -0.25) is 4.79 Å². The molecule has 2 aliphatic rings. The van der Waals surface area contributed by atoms with E-state index in [-0.39, 0.29) is 35.8 Å². The minimum atomic E-state index is -1.23. The van der Waals surface area contributed by atoms with Gasteiger partial charge in [0.25, 0.3) is 5.56 Å². The molecule has 0 spiro atoms. The van der Waals surface area contributed by atoms with Crippen molar-refractivity contribution in [2.75, 3.05) is 50.0 Å². The van der Waals surface area contributed by atoms with Crippen molar-refractivity contribution >= 4 is 42.1 Å². The number of aromatic nitrogens is 2. The summed E-state index contributed by atoms with van der Waals surface area (Å²) in [5.74, 6) is 0.518. The maximum atomic E-state index is 14.5. The first-order chi connectivity index (χ1) is 21.5. The molecular formula is C33H43ClFN5O4Si. The number of rotatable bonds is 12. The summed E-state index contributed by atoms with van der Waals surface area (Å²) in [5, 5.41) is 10.3. The number of nitrogens with zero attached hydrogens (tertiary/aromatic N) is 5. The second-order valence-electron chi connectivity index (χ2n) is 13.4. The maximum Gasteiger partial charge on any atom is 0.270 e. The van der Waals surface area contributed by atoms with Gasteiger partial charge in [-0.15, -0.1) is 0 Å². The fourth-order valence-electron chi connectivity index (χ4n) is 6.25. The normalized spacial score (nSPS) is 18.8. The highest BCUT2D eigenvalue weighted by atomic mass is 35.5. The van der Waals surface area contributed by atoms with Crippen LogP contribution in [0.1, 0.15) is 31.2 Å². The molecule has 1 saturated carbocycles. The molecule has 242 valence electrons. The van der Waals surface area contributed by atoms with E-state index in [1.54, 1.807) is 19.2 Å². The summed E-state index contributed by atoms with van der Waals surface area (Å²) in [6.07, 6.45) is 3.40. The Bertz CT molecular complexity index is 1610. The number of pyridine rings is 2. The Morgan fingerprint density at radius 2 is 1.87 bits per heavy atom. The number of halogens is 2. The SMILES string of the molecule is CN(c1c(C#N)c(=O)n(C)c2ccc(Cl)nc12)C1CCC(N(CC2COC2)c2ccc(F)cc2OCOCC[Si](C)(C)C)CC1. The number of aryl methyl sites for hydroxylation is 1. The molecule has 1 aliphatic heterocycles. The van der Waals surface area contributed by atoms with E-state index in [0.29, 0.717) is 53.4 Å². The molecule has 0 unspecified atom stereocenters. The van der Waals surface area contributed by atoms with Crippen molar-refractivity contribution in [3.05, 3.63) is 57.2 Å². The van der Waals surface area contributed by atoms with E-state index in [1.807, 2.05) is 18.0 Å². The van der Waals surface area contributed by atoms with Gasteiger partial charge < -0.3 is 28.6 Å². The number of fused-ring (bicyclic) bond motifs is 1. The predicted molar refractivity (Wildman–Crippen MR) is 179 cm³/mol. The lowest BCUT2D eigenvalue weighted by Crippen LogP contribution is -2.48. The minimum absolute atomic E-state index is 0.0659. The average Bonchev–Trinajstić information content (AvgIpc) is 2.98. The molecule has 45 heavy (non-hydrogen) atoms. The Labute approximate surface area is 270 Å². The number of anilines is 2. The van der Waals surface area contributed by atoms with Gasteiger partial charge in [-0.05, 0) is 56.0 Å². The Hall–Kier alpha value is -3.17. The van der Waals surface area contributed by atoms with Crippen molar-refractivity contribution < 1.29 is 18.6 Å². The fourth-order valence-corrected chi connectivity index (χ4v) is 7.15. The summed E-state index contributed by atoms with van der Waals surface area (Å²) in [6.45, 7) is 9.78. The van der Waals surface area contributed by atoms with E-state index < -0.39 is 8.07 Å². The van der Waals surface area contributed by atoms with Gasteiger partial charge in [0, 0.05) is 59.4 Å². The summed E-state index contributed by atoms with van der Waals surface area (Å²) in [6, 6.07) is 11.6. The van der Waals surface area contributed by atoms with Crippen molar-refractivity contribution in [3.63, 3.8) is 0 Å². The highest BCUT2D eigenvalue weighted by Crippen LogP contribution is 2.38. The van der Waals surface area contributed by atoms with Crippen molar-refractivity contribution in [2.45, 2.75) is 63.5 Å². The molecule has 2 aromatic heterocycles. The fraction of sp³-hybridized carbons (Fsp3) is 0.545. The van der Waals surface area contributed by atoms with Crippen LogP contribution in [0.25, 0.3) is 11.0 Å². The third kappa shape index (κ3) is 7.63. The standard InChI is InChI=1S/C33H43ClFN5O4Si/c1-38(32-26(17-36)33(41)39(2)28-12-13-30(34)37-31(28)32)24-7-9-25(10-8-24)40(18-22-19-43-20-22)27-11-6-23(35)16-29(27)44-21-42-14-15-45(3,4)5/h6,11-13,16,22,24-25H,7-10,14-15,18-21H2,1-5H3. The lowest BCUT2D eigenvalue weighted by atomic mass is 9.88. The number of hydrogen-bond acceptors (Lipinski definition) is 8.